The summed E-state index contributed by atoms with van der Waals surface area (Å²) in [5, 5.41) is 1.04. The highest BCUT2D eigenvalue weighted by Gasteiger charge is 2.26. The zero-order valence-corrected chi connectivity index (χ0v) is 15.9. The minimum absolute atomic E-state index is 0.0547. The zero-order chi connectivity index (χ0) is 19.3. The molecule has 1 aliphatic heterocycles. The largest absolute Gasteiger partial charge is 0.354 e. The molecule has 4 heteroatoms. The van der Waals surface area contributed by atoms with Crippen molar-refractivity contribution in [3.8, 4) is 11.3 Å². The molecule has 0 saturated carbocycles. The predicted octanol–water partition coefficient (Wildman–Crippen LogP) is 6.61. The van der Waals surface area contributed by atoms with Crippen LogP contribution in [0.5, 0.6) is 0 Å². The first-order valence-electron chi connectivity index (χ1n) is 9.02. The Bertz CT molecular complexity index is 1270. The van der Waals surface area contributed by atoms with E-state index in [1.807, 2.05) is 55.5 Å². The second-order valence-corrected chi connectivity index (χ2v) is 7.99. The van der Waals surface area contributed by atoms with Gasteiger partial charge in [-0.15, -0.1) is 0 Å². The molecule has 0 fully saturated rings. The molecule has 0 bridgehead atoms. The van der Waals surface area contributed by atoms with Crippen molar-refractivity contribution in [1.29, 1.82) is 0 Å². The Morgan fingerprint density at radius 2 is 1.79 bits per heavy atom. The van der Waals surface area contributed by atoms with Gasteiger partial charge in [0.25, 0.3) is 0 Å². The number of thioether (sulfide) groups is 1. The monoisotopic (exact) mass is 385 g/mol. The summed E-state index contributed by atoms with van der Waals surface area (Å²) < 4.78 is 13.4. The molecule has 4 aromatic rings. The quantitative estimate of drug-likeness (QED) is 0.394. The van der Waals surface area contributed by atoms with Crippen LogP contribution in [0.15, 0.2) is 76.5 Å². The van der Waals surface area contributed by atoms with Crippen LogP contribution in [-0.4, -0.2) is 10.8 Å². The van der Waals surface area contributed by atoms with Crippen molar-refractivity contribution < 1.29 is 9.18 Å². The maximum Gasteiger partial charge on any atom is 0.200 e. The SMILES string of the molecule is Cc1ccc2c(c1)C(=O)C(=Cc1c(-c3ccc(F)cc3)[nH]c3ccccc13)S2. The fourth-order valence-electron chi connectivity index (χ4n) is 3.59. The summed E-state index contributed by atoms with van der Waals surface area (Å²) in [6, 6.07) is 20.4. The predicted molar refractivity (Wildman–Crippen MR) is 113 cm³/mol. The minimum atomic E-state index is -0.271. The van der Waals surface area contributed by atoms with Crippen LogP contribution in [-0.2, 0) is 0 Å². The molecule has 1 aromatic heterocycles. The third-order valence-electron chi connectivity index (χ3n) is 4.98. The Morgan fingerprint density at radius 1 is 1.00 bits per heavy atom. The van der Waals surface area contributed by atoms with E-state index in [1.165, 1.54) is 23.9 Å². The number of para-hydroxylation sites is 1. The fourth-order valence-corrected chi connectivity index (χ4v) is 4.61. The van der Waals surface area contributed by atoms with E-state index in [0.717, 1.165) is 43.7 Å². The molecule has 5 rings (SSSR count). The molecule has 2 nitrogen and oxygen atoms in total. The number of hydrogen-bond acceptors (Lipinski definition) is 2. The first-order valence-corrected chi connectivity index (χ1v) is 9.83. The molecule has 0 saturated heterocycles. The molecule has 0 atom stereocenters. The number of aromatic nitrogens is 1. The molecule has 136 valence electrons. The first kappa shape index (κ1) is 17.0. The van der Waals surface area contributed by atoms with Gasteiger partial charge < -0.3 is 4.98 Å². The van der Waals surface area contributed by atoms with Crippen molar-refractivity contribution in [3.63, 3.8) is 0 Å². The molecule has 0 aliphatic carbocycles. The number of nitrogens with one attached hydrogen (secondary N) is 1. The van der Waals surface area contributed by atoms with Crippen LogP contribution < -0.4 is 0 Å². The van der Waals surface area contributed by atoms with E-state index in [1.54, 1.807) is 12.1 Å². The number of Topliss-reactive ketones (excluding diaryl/α,β-unsaturated/α-hetero) is 1. The van der Waals surface area contributed by atoms with Crippen molar-refractivity contribution in [2.24, 2.45) is 0 Å². The lowest BCUT2D eigenvalue weighted by Gasteiger charge is -2.03. The highest BCUT2D eigenvalue weighted by molar-refractivity contribution is 8.04. The van der Waals surface area contributed by atoms with Crippen LogP contribution >= 0.6 is 11.8 Å². The maximum absolute atomic E-state index is 13.4. The summed E-state index contributed by atoms with van der Waals surface area (Å²) in [5.74, 6) is -0.217. The zero-order valence-electron chi connectivity index (χ0n) is 15.1. The van der Waals surface area contributed by atoms with Gasteiger partial charge in [0, 0.05) is 26.9 Å². The van der Waals surface area contributed by atoms with E-state index in [0.29, 0.717) is 4.91 Å². The van der Waals surface area contributed by atoms with Gasteiger partial charge >= 0.3 is 0 Å². The number of hydrogen-bond donors (Lipinski definition) is 1. The van der Waals surface area contributed by atoms with Crippen LogP contribution in [0.4, 0.5) is 4.39 Å². The van der Waals surface area contributed by atoms with Crippen molar-refractivity contribution in [2.45, 2.75) is 11.8 Å². The number of H-pyrrole nitrogens is 1. The van der Waals surface area contributed by atoms with E-state index in [-0.39, 0.29) is 11.6 Å². The Kier molecular flexibility index (Phi) is 3.95. The number of aryl methyl sites for hydroxylation is 1. The number of benzene rings is 3. The van der Waals surface area contributed by atoms with Gasteiger partial charge in [0.1, 0.15) is 5.82 Å². The van der Waals surface area contributed by atoms with E-state index in [9.17, 15) is 9.18 Å². The summed E-state index contributed by atoms with van der Waals surface area (Å²) in [7, 11) is 0. The molecule has 0 radical (unpaired) electrons. The van der Waals surface area contributed by atoms with Crippen molar-refractivity contribution in [3.05, 3.63) is 94.1 Å². The number of fused-ring (bicyclic) bond motifs is 2. The summed E-state index contributed by atoms with van der Waals surface area (Å²) in [4.78, 5) is 18.1. The van der Waals surface area contributed by atoms with Gasteiger partial charge in [-0.1, -0.05) is 41.6 Å². The van der Waals surface area contributed by atoms with Crippen LogP contribution in [0.25, 0.3) is 28.2 Å². The third-order valence-corrected chi connectivity index (χ3v) is 6.08. The van der Waals surface area contributed by atoms with Crippen molar-refractivity contribution >= 4 is 34.5 Å². The van der Waals surface area contributed by atoms with Gasteiger partial charge in [-0.3, -0.25) is 4.79 Å². The second-order valence-electron chi connectivity index (χ2n) is 6.91. The number of ketones is 1. The number of allylic oxidation sites excluding steroid dienone is 1. The lowest BCUT2D eigenvalue weighted by atomic mass is 10.0. The third kappa shape index (κ3) is 2.77. The molecule has 28 heavy (non-hydrogen) atoms. The molecule has 3 aromatic carbocycles. The van der Waals surface area contributed by atoms with E-state index in [2.05, 4.69) is 4.98 Å². The lowest BCUT2D eigenvalue weighted by Crippen LogP contribution is -1.95. The molecule has 1 N–H and O–H groups in total. The number of aromatic amines is 1. The summed E-state index contributed by atoms with van der Waals surface area (Å²) >= 11 is 1.50. The molecule has 0 unspecified atom stereocenters. The molecular weight excluding hydrogens is 369 g/mol. The number of carbonyl (C=O) groups excluding carboxylic acids is 1. The van der Waals surface area contributed by atoms with Crippen LogP contribution in [0.3, 0.4) is 0 Å². The number of carbonyl (C=O) groups is 1. The van der Waals surface area contributed by atoms with Crippen molar-refractivity contribution in [2.75, 3.05) is 0 Å². The Morgan fingerprint density at radius 3 is 2.61 bits per heavy atom. The average Bonchev–Trinajstić information content (AvgIpc) is 3.21. The summed E-state index contributed by atoms with van der Waals surface area (Å²) in [6.07, 6.45) is 1.96. The lowest BCUT2D eigenvalue weighted by molar-refractivity contribution is 0.104. The van der Waals surface area contributed by atoms with E-state index >= 15 is 0 Å². The van der Waals surface area contributed by atoms with Crippen molar-refractivity contribution in [1.82, 2.24) is 4.98 Å². The van der Waals surface area contributed by atoms with E-state index in [4.69, 9.17) is 0 Å². The standard InChI is InChI=1S/C24H16FNOS/c1-14-6-11-21-19(12-14)24(27)22(28-21)13-18-17-4-2-3-5-20(17)26-23(18)15-7-9-16(25)10-8-15/h2-13,26H,1H3. The fraction of sp³-hybridized carbons (Fsp3) is 0.0417. The van der Waals surface area contributed by atoms with Gasteiger partial charge in [-0.05, 0) is 61.0 Å². The Balaban J connectivity index is 1.69. The molecule has 2 heterocycles. The van der Waals surface area contributed by atoms with Crippen LogP contribution in [0.1, 0.15) is 21.5 Å². The second kappa shape index (κ2) is 6.50. The molecular formula is C24H16FNOS. The first-order chi connectivity index (χ1) is 13.6. The van der Waals surface area contributed by atoms with Crippen LogP contribution in [0.2, 0.25) is 0 Å². The van der Waals surface area contributed by atoms with E-state index < -0.39 is 0 Å². The summed E-state index contributed by atoms with van der Waals surface area (Å²) in [6.45, 7) is 1.99. The van der Waals surface area contributed by atoms with Gasteiger partial charge in [0.2, 0.25) is 5.78 Å². The average molecular weight is 385 g/mol. The highest BCUT2D eigenvalue weighted by atomic mass is 32.2. The smallest absolute Gasteiger partial charge is 0.200 e. The van der Waals surface area contributed by atoms with Gasteiger partial charge in [0.15, 0.2) is 0 Å². The topological polar surface area (TPSA) is 32.9 Å². The molecule has 0 amide bonds. The minimum Gasteiger partial charge on any atom is -0.354 e. The Hall–Kier alpha value is -3.11. The highest BCUT2D eigenvalue weighted by Crippen LogP contribution is 2.43. The number of rotatable bonds is 2. The maximum atomic E-state index is 13.4. The molecule has 0 spiro atoms. The number of halogens is 1. The van der Waals surface area contributed by atoms with Gasteiger partial charge in [-0.25, -0.2) is 4.39 Å². The van der Waals surface area contributed by atoms with Gasteiger partial charge in [0.05, 0.1) is 10.6 Å². The van der Waals surface area contributed by atoms with Gasteiger partial charge in [-0.2, -0.15) is 0 Å². The summed E-state index contributed by atoms with van der Waals surface area (Å²) in [5.41, 5.74) is 5.54. The Labute approximate surface area is 166 Å². The normalized spacial score (nSPS) is 14.8. The van der Waals surface area contributed by atoms with Crippen LogP contribution in [0, 0.1) is 12.7 Å². The molecule has 1 aliphatic rings.